The minimum absolute atomic E-state index is 0.231. The molecule has 1 rings (SSSR count). The Morgan fingerprint density at radius 1 is 0.917 bits per heavy atom. The topological polar surface area (TPSA) is 113 Å². The number of carboxylic acids is 2. The number of aromatic carboxylic acids is 1. The predicted molar refractivity (Wildman–Crippen MR) is 87.2 cm³/mol. The summed E-state index contributed by atoms with van der Waals surface area (Å²) in [6.45, 7) is 0.231. The molecule has 0 bridgehead atoms. The Labute approximate surface area is 140 Å². The maximum absolute atomic E-state index is 11.3. The van der Waals surface area contributed by atoms with E-state index >= 15 is 0 Å². The van der Waals surface area contributed by atoms with Crippen LogP contribution < -0.4 is 10.1 Å². The average molecular weight is 337 g/mol. The van der Waals surface area contributed by atoms with E-state index in [-0.39, 0.29) is 18.0 Å². The van der Waals surface area contributed by atoms with Crippen molar-refractivity contribution in [1.29, 1.82) is 0 Å². The summed E-state index contributed by atoms with van der Waals surface area (Å²) in [6, 6.07) is 6.29. The van der Waals surface area contributed by atoms with Crippen molar-refractivity contribution < 1.29 is 29.3 Å². The number of nitrogens with one attached hydrogen (secondary N) is 1. The number of hydrogen-bond acceptors (Lipinski definition) is 4. The number of rotatable bonds is 12. The van der Waals surface area contributed by atoms with Gasteiger partial charge in [-0.2, -0.15) is 0 Å². The Bertz CT molecular complexity index is 541. The van der Waals surface area contributed by atoms with E-state index < -0.39 is 11.9 Å². The molecule has 0 spiro atoms. The second-order valence-electron chi connectivity index (χ2n) is 5.37. The van der Waals surface area contributed by atoms with Gasteiger partial charge in [0, 0.05) is 6.42 Å². The molecule has 0 heterocycles. The molecule has 0 aromatic heterocycles. The minimum Gasteiger partial charge on any atom is -0.494 e. The standard InChI is InChI=1S/C17H23NO6/c19-15(18-12-16(20)21)6-4-2-1-3-5-11-24-14-9-7-13(8-10-14)17(22)23/h7-10H,1-6,11-12H2,(H,18,19)(H,20,21)(H,22,23). The van der Waals surface area contributed by atoms with E-state index in [4.69, 9.17) is 14.9 Å². The molecule has 0 saturated carbocycles. The van der Waals surface area contributed by atoms with Crippen LogP contribution in [0.5, 0.6) is 5.75 Å². The predicted octanol–water partition coefficient (Wildman–Crippen LogP) is 2.30. The van der Waals surface area contributed by atoms with E-state index in [0.717, 1.165) is 32.1 Å². The second kappa shape index (κ2) is 11.0. The lowest BCUT2D eigenvalue weighted by Crippen LogP contribution is -2.28. The monoisotopic (exact) mass is 337 g/mol. The number of carbonyl (C=O) groups excluding carboxylic acids is 1. The molecule has 7 heteroatoms. The van der Waals surface area contributed by atoms with E-state index in [1.54, 1.807) is 12.1 Å². The summed E-state index contributed by atoms with van der Waals surface area (Å²) in [5.74, 6) is -1.58. The lowest BCUT2D eigenvalue weighted by molar-refractivity contribution is -0.137. The molecule has 0 saturated heterocycles. The Hall–Kier alpha value is -2.57. The van der Waals surface area contributed by atoms with Gasteiger partial charge < -0.3 is 20.3 Å². The van der Waals surface area contributed by atoms with Crippen LogP contribution in [-0.2, 0) is 9.59 Å². The molecule has 0 fully saturated rings. The van der Waals surface area contributed by atoms with Gasteiger partial charge in [0.15, 0.2) is 0 Å². The smallest absolute Gasteiger partial charge is 0.335 e. The van der Waals surface area contributed by atoms with E-state index in [1.807, 2.05) is 0 Å². The third kappa shape index (κ3) is 8.77. The van der Waals surface area contributed by atoms with Gasteiger partial charge in [-0.3, -0.25) is 9.59 Å². The summed E-state index contributed by atoms with van der Waals surface area (Å²) in [5, 5.41) is 19.5. The van der Waals surface area contributed by atoms with Gasteiger partial charge in [0.1, 0.15) is 12.3 Å². The van der Waals surface area contributed by atoms with Crippen molar-refractivity contribution in [2.45, 2.75) is 38.5 Å². The van der Waals surface area contributed by atoms with Gasteiger partial charge >= 0.3 is 11.9 Å². The minimum atomic E-state index is -1.04. The molecule has 0 aliphatic rings. The number of hydrogen-bond donors (Lipinski definition) is 3. The molecule has 1 amide bonds. The van der Waals surface area contributed by atoms with Crippen molar-refractivity contribution in [3.05, 3.63) is 29.8 Å². The molecule has 3 N–H and O–H groups in total. The van der Waals surface area contributed by atoms with Crippen molar-refractivity contribution in [2.75, 3.05) is 13.2 Å². The molecule has 0 atom stereocenters. The molecular formula is C17H23NO6. The normalized spacial score (nSPS) is 10.2. The number of ether oxygens (including phenoxy) is 1. The maximum Gasteiger partial charge on any atom is 0.335 e. The molecule has 0 aliphatic carbocycles. The molecular weight excluding hydrogens is 314 g/mol. The fourth-order valence-electron chi connectivity index (χ4n) is 2.06. The van der Waals surface area contributed by atoms with Crippen molar-refractivity contribution in [1.82, 2.24) is 5.32 Å². The largest absolute Gasteiger partial charge is 0.494 e. The van der Waals surface area contributed by atoms with E-state index in [9.17, 15) is 14.4 Å². The first kappa shape index (κ1) is 19.5. The SMILES string of the molecule is O=C(O)CNC(=O)CCCCCCCOc1ccc(C(=O)O)cc1. The highest BCUT2D eigenvalue weighted by Crippen LogP contribution is 2.13. The van der Waals surface area contributed by atoms with Crippen LogP contribution >= 0.6 is 0 Å². The Balaban J connectivity index is 1.99. The first-order valence-corrected chi connectivity index (χ1v) is 7.93. The van der Waals surface area contributed by atoms with Crippen LogP contribution in [0.15, 0.2) is 24.3 Å². The average Bonchev–Trinajstić information content (AvgIpc) is 2.55. The fraction of sp³-hybridized carbons (Fsp3) is 0.471. The maximum atomic E-state index is 11.3. The van der Waals surface area contributed by atoms with E-state index in [0.29, 0.717) is 18.8 Å². The van der Waals surface area contributed by atoms with Gasteiger partial charge in [0.2, 0.25) is 5.91 Å². The zero-order valence-corrected chi connectivity index (χ0v) is 13.5. The van der Waals surface area contributed by atoms with Crippen LogP contribution in [0.25, 0.3) is 0 Å². The highest BCUT2D eigenvalue weighted by Gasteiger charge is 2.04. The Kier molecular flexibility index (Phi) is 8.96. The lowest BCUT2D eigenvalue weighted by Gasteiger charge is -2.06. The van der Waals surface area contributed by atoms with Gasteiger partial charge in [-0.1, -0.05) is 19.3 Å². The molecule has 24 heavy (non-hydrogen) atoms. The zero-order chi connectivity index (χ0) is 17.8. The molecule has 1 aromatic carbocycles. The van der Waals surface area contributed by atoms with Gasteiger partial charge in [0.25, 0.3) is 0 Å². The zero-order valence-electron chi connectivity index (χ0n) is 13.5. The van der Waals surface area contributed by atoms with Crippen LogP contribution in [0.3, 0.4) is 0 Å². The summed E-state index contributed by atoms with van der Waals surface area (Å²) >= 11 is 0. The van der Waals surface area contributed by atoms with Crippen LogP contribution in [0.4, 0.5) is 0 Å². The number of carbonyl (C=O) groups is 3. The van der Waals surface area contributed by atoms with E-state index in [2.05, 4.69) is 5.32 Å². The van der Waals surface area contributed by atoms with Crippen LogP contribution in [0.2, 0.25) is 0 Å². The number of benzene rings is 1. The van der Waals surface area contributed by atoms with E-state index in [1.165, 1.54) is 12.1 Å². The summed E-state index contributed by atoms with van der Waals surface area (Å²) in [7, 11) is 0. The molecule has 7 nitrogen and oxygen atoms in total. The highest BCUT2D eigenvalue weighted by atomic mass is 16.5. The summed E-state index contributed by atoms with van der Waals surface area (Å²) in [4.78, 5) is 32.3. The van der Waals surface area contributed by atoms with Crippen LogP contribution in [0.1, 0.15) is 48.9 Å². The summed E-state index contributed by atoms with van der Waals surface area (Å²) in [6.07, 6.45) is 4.83. The molecule has 132 valence electrons. The first-order chi connectivity index (χ1) is 11.5. The van der Waals surface area contributed by atoms with Crippen molar-refractivity contribution in [3.63, 3.8) is 0 Å². The number of amides is 1. The van der Waals surface area contributed by atoms with Crippen molar-refractivity contribution in [2.24, 2.45) is 0 Å². The van der Waals surface area contributed by atoms with Crippen molar-refractivity contribution >= 4 is 17.8 Å². The fourth-order valence-corrected chi connectivity index (χ4v) is 2.06. The quantitative estimate of drug-likeness (QED) is 0.504. The van der Waals surface area contributed by atoms with Gasteiger partial charge in [-0.15, -0.1) is 0 Å². The number of aliphatic carboxylic acids is 1. The molecule has 1 aromatic rings. The third-order valence-corrected chi connectivity index (χ3v) is 3.35. The van der Waals surface area contributed by atoms with Crippen LogP contribution in [0, 0.1) is 0 Å². The Morgan fingerprint density at radius 3 is 2.17 bits per heavy atom. The van der Waals surface area contributed by atoms with Crippen molar-refractivity contribution in [3.8, 4) is 5.75 Å². The van der Waals surface area contributed by atoms with Gasteiger partial charge in [-0.25, -0.2) is 4.79 Å². The molecule has 0 aliphatic heterocycles. The second-order valence-corrected chi connectivity index (χ2v) is 5.37. The molecule has 0 unspecified atom stereocenters. The van der Waals surface area contributed by atoms with Gasteiger partial charge in [0.05, 0.1) is 12.2 Å². The van der Waals surface area contributed by atoms with Crippen LogP contribution in [-0.4, -0.2) is 41.2 Å². The highest BCUT2D eigenvalue weighted by molar-refractivity contribution is 5.87. The Morgan fingerprint density at radius 2 is 1.54 bits per heavy atom. The molecule has 0 radical (unpaired) electrons. The van der Waals surface area contributed by atoms with Gasteiger partial charge in [-0.05, 0) is 37.1 Å². The lowest BCUT2D eigenvalue weighted by atomic mass is 10.1. The number of unbranched alkanes of at least 4 members (excludes halogenated alkanes) is 4. The summed E-state index contributed by atoms with van der Waals surface area (Å²) < 4.78 is 5.53. The first-order valence-electron chi connectivity index (χ1n) is 7.93. The number of carboxylic acid groups (broad SMARTS) is 2. The summed E-state index contributed by atoms with van der Waals surface area (Å²) in [5.41, 5.74) is 0.231. The third-order valence-electron chi connectivity index (χ3n) is 3.35.